The zero-order valence-corrected chi connectivity index (χ0v) is 24.5. The topological polar surface area (TPSA) is 96.6 Å². The largest absolute Gasteiger partial charge is 0.450 e. The highest BCUT2D eigenvalue weighted by atomic mass is 35.5. The van der Waals surface area contributed by atoms with Crippen molar-refractivity contribution in [3.05, 3.63) is 109 Å². The minimum atomic E-state index is -1.78. The van der Waals surface area contributed by atoms with Gasteiger partial charge in [0.15, 0.2) is 15.3 Å². The van der Waals surface area contributed by atoms with E-state index in [9.17, 15) is 14.4 Å². The fourth-order valence-corrected chi connectivity index (χ4v) is 7.69. The van der Waals surface area contributed by atoms with Crippen LogP contribution in [0.5, 0.6) is 0 Å². The third-order valence-electron chi connectivity index (χ3n) is 7.71. The second kappa shape index (κ2) is 9.27. The van der Waals surface area contributed by atoms with E-state index in [-0.39, 0.29) is 16.5 Å². The lowest BCUT2D eigenvalue weighted by atomic mass is 9.84. The Labute approximate surface area is 247 Å². The molecule has 0 saturated heterocycles. The summed E-state index contributed by atoms with van der Waals surface area (Å²) >= 11 is 8.75. The molecule has 41 heavy (non-hydrogen) atoms. The van der Waals surface area contributed by atoms with Crippen LogP contribution in [0.15, 0.2) is 74.2 Å². The molecule has 0 fully saturated rings. The lowest BCUT2D eigenvalue weighted by Gasteiger charge is -2.31. The molecule has 11 heteroatoms. The maximum Gasteiger partial charge on any atom is 0.297 e. The lowest BCUT2D eigenvalue weighted by Crippen LogP contribution is -2.53. The molecule has 0 aliphatic carbocycles. The van der Waals surface area contributed by atoms with Gasteiger partial charge in [-0.15, -0.1) is 10.2 Å². The molecule has 204 valence electrons. The number of anilines is 2. The van der Waals surface area contributed by atoms with Gasteiger partial charge in [-0.05, 0) is 60.9 Å². The van der Waals surface area contributed by atoms with Crippen LogP contribution >= 0.6 is 34.7 Å². The first-order valence-electron chi connectivity index (χ1n) is 12.7. The summed E-state index contributed by atoms with van der Waals surface area (Å²) in [7, 11) is 1.64. The van der Waals surface area contributed by atoms with Crippen LogP contribution in [0, 0.1) is 13.8 Å². The standard InChI is InChI=1S/C30H21ClN4O4S2/c1-15-11-19-22(12-16(15)2)39-25-23(24(19)36)30(20-9-4-5-10-21(20)34(3)27(30)38)35(26(25)37)28-32-33-29(41-28)40-14-17-7-6-8-18(31)13-17/h4-13H,14H2,1-3H3. The summed E-state index contributed by atoms with van der Waals surface area (Å²) < 4.78 is 6.77. The molecule has 3 aromatic carbocycles. The number of amides is 2. The highest BCUT2D eigenvalue weighted by Crippen LogP contribution is 2.54. The molecule has 7 rings (SSSR count). The number of thioether (sulfide) groups is 1. The Morgan fingerprint density at radius 3 is 2.59 bits per heavy atom. The number of benzene rings is 3. The Kier molecular flexibility index (Phi) is 5.86. The molecule has 1 unspecified atom stereocenters. The molecular weight excluding hydrogens is 580 g/mol. The fraction of sp³-hybridized carbons (Fsp3) is 0.167. The van der Waals surface area contributed by atoms with Gasteiger partial charge in [-0.25, -0.2) is 0 Å². The second-order valence-electron chi connectivity index (χ2n) is 10.1. The SMILES string of the molecule is Cc1cc2oc3c(c(=O)c2cc1C)C1(C(=O)N(C)c2ccccc21)N(c1nnc(SCc2cccc(Cl)c2)s1)C3=O. The number of hydrogen-bond donors (Lipinski definition) is 0. The van der Waals surface area contributed by atoms with Gasteiger partial charge in [0.05, 0.1) is 10.9 Å². The first-order valence-corrected chi connectivity index (χ1v) is 14.9. The molecule has 1 atom stereocenters. The van der Waals surface area contributed by atoms with E-state index >= 15 is 0 Å². The van der Waals surface area contributed by atoms with Gasteiger partial charge in [0.25, 0.3) is 11.8 Å². The zero-order chi connectivity index (χ0) is 28.6. The lowest BCUT2D eigenvalue weighted by molar-refractivity contribution is -0.121. The van der Waals surface area contributed by atoms with Crippen molar-refractivity contribution < 1.29 is 14.0 Å². The summed E-state index contributed by atoms with van der Waals surface area (Å²) in [5, 5.41) is 9.83. The van der Waals surface area contributed by atoms with Gasteiger partial charge in [0, 0.05) is 29.1 Å². The minimum Gasteiger partial charge on any atom is -0.450 e. The Morgan fingerprint density at radius 1 is 1.00 bits per heavy atom. The van der Waals surface area contributed by atoms with Crippen molar-refractivity contribution in [2.45, 2.75) is 29.5 Å². The number of aromatic nitrogens is 2. The molecule has 2 aromatic heterocycles. The molecule has 0 N–H and O–H groups in total. The van der Waals surface area contributed by atoms with Gasteiger partial charge in [0.1, 0.15) is 5.58 Å². The summed E-state index contributed by atoms with van der Waals surface area (Å²) in [5.74, 6) is -0.626. The number of likely N-dealkylation sites (N-methyl/N-ethyl adjacent to an activating group) is 1. The van der Waals surface area contributed by atoms with Gasteiger partial charge >= 0.3 is 0 Å². The van der Waals surface area contributed by atoms with Crippen molar-refractivity contribution in [2.24, 2.45) is 0 Å². The molecule has 0 bridgehead atoms. The van der Waals surface area contributed by atoms with Crippen LogP contribution in [0.1, 0.15) is 38.4 Å². The summed E-state index contributed by atoms with van der Waals surface area (Å²) in [6, 6.07) is 18.2. The number of hydrogen-bond acceptors (Lipinski definition) is 8. The summed E-state index contributed by atoms with van der Waals surface area (Å²) in [6.45, 7) is 3.81. The van der Waals surface area contributed by atoms with Crippen LogP contribution in [0.4, 0.5) is 10.8 Å². The maximum absolute atomic E-state index is 14.3. The summed E-state index contributed by atoms with van der Waals surface area (Å²) in [5.41, 5.74) is 2.05. The summed E-state index contributed by atoms with van der Waals surface area (Å²) in [6.07, 6.45) is 0. The predicted molar refractivity (Wildman–Crippen MR) is 160 cm³/mol. The molecule has 2 aliphatic heterocycles. The Bertz CT molecular complexity index is 2000. The molecule has 0 saturated carbocycles. The van der Waals surface area contributed by atoms with E-state index in [1.807, 2.05) is 44.2 Å². The highest BCUT2D eigenvalue weighted by Gasteiger charge is 2.66. The Hall–Kier alpha value is -3.99. The Morgan fingerprint density at radius 2 is 1.78 bits per heavy atom. The van der Waals surface area contributed by atoms with Crippen molar-refractivity contribution in [1.82, 2.24) is 10.2 Å². The smallest absolute Gasteiger partial charge is 0.297 e. The van der Waals surface area contributed by atoms with Gasteiger partial charge in [-0.3, -0.25) is 19.3 Å². The van der Waals surface area contributed by atoms with E-state index in [0.29, 0.717) is 37.3 Å². The van der Waals surface area contributed by atoms with E-state index in [2.05, 4.69) is 10.2 Å². The van der Waals surface area contributed by atoms with Crippen molar-refractivity contribution in [3.8, 4) is 0 Å². The third kappa shape index (κ3) is 3.64. The molecule has 4 heterocycles. The number of fused-ring (bicyclic) bond motifs is 5. The van der Waals surface area contributed by atoms with E-state index in [1.165, 1.54) is 32.9 Å². The van der Waals surface area contributed by atoms with Gasteiger partial charge in [-0.2, -0.15) is 0 Å². The van der Waals surface area contributed by atoms with E-state index in [1.54, 1.807) is 37.4 Å². The molecule has 5 aromatic rings. The first-order chi connectivity index (χ1) is 19.7. The number of halogens is 1. The van der Waals surface area contributed by atoms with E-state index in [0.717, 1.165) is 16.7 Å². The van der Waals surface area contributed by atoms with Gasteiger partial charge in [0.2, 0.25) is 10.9 Å². The third-order valence-corrected chi connectivity index (χ3v) is 10.1. The molecule has 2 aliphatic rings. The number of aryl methyl sites for hydroxylation is 2. The summed E-state index contributed by atoms with van der Waals surface area (Å²) in [4.78, 5) is 45.6. The maximum atomic E-state index is 14.3. The van der Waals surface area contributed by atoms with Crippen LogP contribution in [0.2, 0.25) is 5.02 Å². The van der Waals surface area contributed by atoms with Crippen molar-refractivity contribution in [1.29, 1.82) is 0 Å². The molecule has 8 nitrogen and oxygen atoms in total. The monoisotopic (exact) mass is 600 g/mol. The van der Waals surface area contributed by atoms with Gasteiger partial charge in [-0.1, -0.05) is 65.0 Å². The van der Waals surface area contributed by atoms with Crippen molar-refractivity contribution >= 4 is 68.3 Å². The fourth-order valence-electron chi connectivity index (χ4n) is 5.65. The number of carbonyl (C=O) groups excluding carboxylic acids is 2. The van der Waals surface area contributed by atoms with Gasteiger partial charge < -0.3 is 9.32 Å². The normalized spacial score (nSPS) is 17.7. The second-order valence-corrected chi connectivity index (χ2v) is 12.7. The van der Waals surface area contributed by atoms with Crippen LogP contribution in [0.25, 0.3) is 11.0 Å². The number of carbonyl (C=O) groups is 2. The Balaban J connectivity index is 1.43. The number of para-hydroxylation sites is 1. The van der Waals surface area contributed by atoms with Crippen LogP contribution < -0.4 is 15.2 Å². The minimum absolute atomic E-state index is 0.00313. The quantitative estimate of drug-likeness (QED) is 0.182. The van der Waals surface area contributed by atoms with Crippen LogP contribution in [-0.2, 0) is 16.1 Å². The van der Waals surface area contributed by atoms with Crippen LogP contribution in [-0.4, -0.2) is 29.1 Å². The van der Waals surface area contributed by atoms with Crippen molar-refractivity contribution in [2.75, 3.05) is 16.8 Å². The average Bonchev–Trinajstić information content (AvgIpc) is 3.59. The molecular formula is C30H21ClN4O4S2. The highest BCUT2D eigenvalue weighted by molar-refractivity contribution is 8.00. The van der Waals surface area contributed by atoms with E-state index in [4.69, 9.17) is 16.0 Å². The van der Waals surface area contributed by atoms with Crippen molar-refractivity contribution in [3.63, 3.8) is 0 Å². The molecule has 2 amide bonds. The van der Waals surface area contributed by atoms with Crippen LogP contribution in [0.3, 0.4) is 0 Å². The molecule has 0 radical (unpaired) electrons. The first kappa shape index (κ1) is 25.9. The number of nitrogens with zero attached hydrogens (tertiary/aromatic N) is 4. The predicted octanol–water partition coefficient (Wildman–Crippen LogP) is 6.09. The number of rotatable bonds is 4. The average molecular weight is 601 g/mol. The zero-order valence-electron chi connectivity index (χ0n) is 22.1. The molecule has 1 spiro atoms. The van der Waals surface area contributed by atoms with E-state index < -0.39 is 22.8 Å².